The second-order valence-corrected chi connectivity index (χ2v) is 11.1. The van der Waals surface area contributed by atoms with Gasteiger partial charge >= 0.3 is 0 Å². The molecule has 0 aromatic heterocycles. The monoisotopic (exact) mass is 603 g/mol. The molecule has 0 radical (unpaired) electrons. The van der Waals surface area contributed by atoms with Crippen LogP contribution in [0.4, 0.5) is 11.4 Å². The highest BCUT2D eigenvalue weighted by Gasteiger charge is 2.27. The molecule has 2 saturated heterocycles. The third kappa shape index (κ3) is 5.12. The number of anilines is 2. The van der Waals surface area contributed by atoms with E-state index in [2.05, 4.69) is 60.8 Å². The Morgan fingerprint density at radius 2 is 1.74 bits per heavy atom. The molecule has 0 spiro atoms. The quantitative estimate of drug-likeness (QED) is 0.379. The minimum Gasteiger partial charge on any atom is -0.368 e. The fourth-order valence-corrected chi connectivity index (χ4v) is 5.71. The number of hydrogen-bond acceptors (Lipinski definition) is 4. The van der Waals surface area contributed by atoms with E-state index in [0.717, 1.165) is 57.8 Å². The van der Waals surface area contributed by atoms with Crippen molar-refractivity contribution in [3.63, 3.8) is 0 Å². The Kier molecular flexibility index (Phi) is 7.61. The van der Waals surface area contributed by atoms with Crippen LogP contribution in [-0.4, -0.2) is 56.3 Å². The third-order valence-electron chi connectivity index (χ3n) is 5.47. The summed E-state index contributed by atoms with van der Waals surface area (Å²) < 4.78 is 1.92. The Bertz CT molecular complexity index is 1040. The smallest absolute Gasteiger partial charge is 0.264 e. The number of amides is 1. The van der Waals surface area contributed by atoms with Gasteiger partial charge in [0.2, 0.25) is 0 Å². The van der Waals surface area contributed by atoms with E-state index in [9.17, 15) is 4.79 Å². The number of likely N-dealkylation sites (N-methyl/N-ethyl adjacent to an activating group) is 1. The molecule has 2 heterocycles. The summed E-state index contributed by atoms with van der Waals surface area (Å²) in [5.41, 5.74) is 2.92. The standard InChI is InChI=1S/C22H21Br2Cl2N3OS/c1-27-6-8-28(9-7-27)19-5-3-16(23)21(24)15(19)13-20-22(30)29(10-11-31-20)14-2-4-17(25)18(26)12-14/h2-5,12-13H,6-11H2,1H3. The van der Waals surface area contributed by atoms with E-state index in [-0.39, 0.29) is 5.91 Å². The molecule has 0 bridgehead atoms. The van der Waals surface area contributed by atoms with Crippen LogP contribution in [0.15, 0.2) is 44.2 Å². The van der Waals surface area contributed by atoms with Gasteiger partial charge in [-0.25, -0.2) is 0 Å². The zero-order chi connectivity index (χ0) is 22.1. The Labute approximate surface area is 213 Å². The minimum atomic E-state index is -0.0224. The number of benzene rings is 2. The lowest BCUT2D eigenvalue weighted by molar-refractivity contribution is -0.114. The molecule has 9 heteroatoms. The number of rotatable bonds is 3. The van der Waals surface area contributed by atoms with Crippen LogP contribution >= 0.6 is 66.8 Å². The summed E-state index contributed by atoms with van der Waals surface area (Å²) in [7, 11) is 2.15. The molecule has 0 saturated carbocycles. The summed E-state index contributed by atoms with van der Waals surface area (Å²) >= 11 is 21.2. The van der Waals surface area contributed by atoms with Gasteiger partial charge in [-0.3, -0.25) is 4.79 Å². The number of hydrogen-bond donors (Lipinski definition) is 0. The molecule has 2 aromatic rings. The molecule has 4 nitrogen and oxygen atoms in total. The van der Waals surface area contributed by atoms with Gasteiger partial charge in [0.25, 0.3) is 5.91 Å². The van der Waals surface area contributed by atoms with Crippen molar-refractivity contribution in [1.82, 2.24) is 4.90 Å². The van der Waals surface area contributed by atoms with Crippen LogP contribution in [0.2, 0.25) is 10.0 Å². The van der Waals surface area contributed by atoms with Crippen LogP contribution in [-0.2, 0) is 4.79 Å². The minimum absolute atomic E-state index is 0.0224. The SMILES string of the molecule is CN1CCN(c2ccc(Br)c(Br)c2C=C2SCCN(c3ccc(Cl)c(Cl)c3)C2=O)CC1. The maximum absolute atomic E-state index is 13.4. The van der Waals surface area contributed by atoms with E-state index in [4.69, 9.17) is 23.2 Å². The third-order valence-corrected chi connectivity index (χ3v) is 9.25. The Hall–Kier alpha value is -0.700. The summed E-state index contributed by atoms with van der Waals surface area (Å²) in [5, 5.41) is 0.928. The number of carbonyl (C=O) groups excluding carboxylic acids is 1. The van der Waals surface area contributed by atoms with E-state index in [1.165, 1.54) is 0 Å². The van der Waals surface area contributed by atoms with Gasteiger partial charge in [-0.2, -0.15) is 0 Å². The van der Waals surface area contributed by atoms with Crippen LogP contribution in [0.5, 0.6) is 0 Å². The predicted octanol–water partition coefficient (Wildman–Crippen LogP) is 6.39. The Morgan fingerprint density at radius 3 is 2.45 bits per heavy atom. The highest BCUT2D eigenvalue weighted by molar-refractivity contribution is 9.13. The average Bonchev–Trinajstić information content (AvgIpc) is 2.76. The molecular formula is C22H21Br2Cl2N3OS. The normalized spacial score (nSPS) is 19.4. The van der Waals surface area contributed by atoms with E-state index in [1.54, 1.807) is 28.8 Å². The molecule has 1 amide bonds. The van der Waals surface area contributed by atoms with Crippen LogP contribution in [0.25, 0.3) is 6.08 Å². The van der Waals surface area contributed by atoms with Crippen molar-refractivity contribution >= 4 is 90.2 Å². The first-order valence-electron chi connectivity index (χ1n) is 9.88. The fraction of sp³-hybridized carbons (Fsp3) is 0.318. The summed E-state index contributed by atoms with van der Waals surface area (Å²) in [6.45, 7) is 4.57. The van der Waals surface area contributed by atoms with E-state index in [1.807, 2.05) is 12.1 Å². The maximum atomic E-state index is 13.4. The Morgan fingerprint density at radius 1 is 1.00 bits per heavy atom. The molecule has 0 atom stereocenters. The number of halogens is 4. The lowest BCUT2D eigenvalue weighted by atomic mass is 10.1. The largest absolute Gasteiger partial charge is 0.368 e. The van der Waals surface area contributed by atoms with Gasteiger partial charge in [-0.15, -0.1) is 11.8 Å². The molecular weight excluding hydrogens is 585 g/mol. The zero-order valence-corrected chi connectivity index (χ0v) is 22.4. The van der Waals surface area contributed by atoms with Gasteiger partial charge in [0, 0.05) is 64.4 Å². The second kappa shape index (κ2) is 10.1. The van der Waals surface area contributed by atoms with Crippen molar-refractivity contribution in [2.45, 2.75) is 0 Å². The highest BCUT2D eigenvalue weighted by atomic mass is 79.9. The lowest BCUT2D eigenvalue weighted by Gasteiger charge is -2.35. The van der Waals surface area contributed by atoms with E-state index >= 15 is 0 Å². The molecule has 2 aliphatic rings. The van der Waals surface area contributed by atoms with Gasteiger partial charge in [-0.1, -0.05) is 23.2 Å². The number of carbonyl (C=O) groups is 1. The molecule has 31 heavy (non-hydrogen) atoms. The summed E-state index contributed by atoms with van der Waals surface area (Å²) in [6.07, 6.45) is 2.01. The van der Waals surface area contributed by atoms with Crippen molar-refractivity contribution in [3.05, 3.63) is 59.8 Å². The molecule has 0 aliphatic carbocycles. The van der Waals surface area contributed by atoms with Crippen LogP contribution < -0.4 is 9.80 Å². The average molecular weight is 606 g/mol. The first-order valence-corrected chi connectivity index (χ1v) is 13.2. The van der Waals surface area contributed by atoms with Crippen LogP contribution in [0.3, 0.4) is 0 Å². The first-order chi connectivity index (χ1) is 14.8. The molecule has 2 fully saturated rings. The molecule has 164 valence electrons. The van der Waals surface area contributed by atoms with Crippen LogP contribution in [0.1, 0.15) is 5.56 Å². The van der Waals surface area contributed by atoms with Crippen molar-refractivity contribution in [3.8, 4) is 0 Å². The van der Waals surface area contributed by atoms with E-state index in [0.29, 0.717) is 21.5 Å². The van der Waals surface area contributed by atoms with Gasteiger partial charge in [0.15, 0.2) is 0 Å². The number of thioether (sulfide) groups is 1. The van der Waals surface area contributed by atoms with Gasteiger partial charge < -0.3 is 14.7 Å². The number of nitrogens with zero attached hydrogens (tertiary/aromatic N) is 3. The molecule has 2 aliphatic heterocycles. The van der Waals surface area contributed by atoms with Gasteiger partial charge in [-0.05, 0) is 75.3 Å². The predicted molar refractivity (Wildman–Crippen MR) is 141 cm³/mol. The highest BCUT2D eigenvalue weighted by Crippen LogP contribution is 2.39. The maximum Gasteiger partial charge on any atom is 0.264 e. The van der Waals surface area contributed by atoms with Crippen molar-refractivity contribution in [2.75, 3.05) is 55.3 Å². The van der Waals surface area contributed by atoms with Crippen molar-refractivity contribution in [2.24, 2.45) is 0 Å². The van der Waals surface area contributed by atoms with Crippen LogP contribution in [0, 0.1) is 0 Å². The van der Waals surface area contributed by atoms with Gasteiger partial charge in [0.1, 0.15) is 0 Å². The Balaban J connectivity index is 1.69. The van der Waals surface area contributed by atoms with Gasteiger partial charge in [0.05, 0.1) is 15.0 Å². The first kappa shape index (κ1) is 23.5. The van der Waals surface area contributed by atoms with E-state index < -0.39 is 0 Å². The lowest BCUT2D eigenvalue weighted by Crippen LogP contribution is -2.44. The summed E-state index contributed by atoms with van der Waals surface area (Å²) in [6, 6.07) is 9.50. The molecule has 0 unspecified atom stereocenters. The van der Waals surface area contributed by atoms with Crippen molar-refractivity contribution < 1.29 is 4.79 Å². The molecule has 4 rings (SSSR count). The summed E-state index contributed by atoms with van der Waals surface area (Å²) in [5.74, 6) is 0.790. The zero-order valence-electron chi connectivity index (χ0n) is 16.9. The topological polar surface area (TPSA) is 26.8 Å². The second-order valence-electron chi connectivity index (χ2n) is 7.50. The van der Waals surface area contributed by atoms with Crippen molar-refractivity contribution in [1.29, 1.82) is 0 Å². The molecule has 0 N–H and O–H groups in total. The summed E-state index contributed by atoms with van der Waals surface area (Å²) in [4.78, 5) is 20.6. The fourth-order valence-electron chi connectivity index (χ4n) is 3.69. The molecule has 2 aromatic carbocycles. The number of piperazine rings is 1.